The lowest BCUT2D eigenvalue weighted by Crippen LogP contribution is -2.41. The number of hydrogen-bond acceptors (Lipinski definition) is 6. The molecular weight excluding hydrogens is 328 g/mol. The molecule has 1 aromatic carbocycles. The number of nitrogens with zero attached hydrogens (tertiary/aromatic N) is 2. The molecule has 0 N–H and O–H groups in total. The zero-order valence-electron chi connectivity index (χ0n) is 13.6. The van der Waals surface area contributed by atoms with Gasteiger partial charge in [-0.3, -0.25) is 4.79 Å². The van der Waals surface area contributed by atoms with Crippen molar-refractivity contribution < 1.29 is 19.1 Å². The number of hydrogen-bond donors (Lipinski definition) is 0. The van der Waals surface area contributed by atoms with Gasteiger partial charge in [0, 0.05) is 26.3 Å². The van der Waals surface area contributed by atoms with E-state index in [2.05, 4.69) is 9.72 Å². The van der Waals surface area contributed by atoms with E-state index in [4.69, 9.17) is 4.74 Å². The predicted octanol–water partition coefficient (Wildman–Crippen LogP) is 2.22. The molecule has 2 heterocycles. The minimum Gasteiger partial charge on any atom is -0.462 e. The maximum atomic E-state index is 12.4. The van der Waals surface area contributed by atoms with Crippen LogP contribution < -0.4 is 0 Å². The van der Waals surface area contributed by atoms with Gasteiger partial charge in [-0.15, -0.1) is 11.3 Å². The molecule has 1 aliphatic heterocycles. The van der Waals surface area contributed by atoms with Crippen LogP contribution in [-0.2, 0) is 25.6 Å². The number of amides is 1. The maximum absolute atomic E-state index is 12.4. The first-order valence-electron chi connectivity index (χ1n) is 7.94. The molecular formula is C17H20N2O4S. The van der Waals surface area contributed by atoms with Crippen LogP contribution in [0.15, 0.2) is 23.7 Å². The molecule has 3 rings (SSSR count). The Balaban J connectivity index is 1.76. The van der Waals surface area contributed by atoms with E-state index >= 15 is 0 Å². The third-order valence-electron chi connectivity index (χ3n) is 4.23. The fourth-order valence-corrected chi connectivity index (χ4v) is 3.56. The highest BCUT2D eigenvalue weighted by atomic mass is 32.1. The second-order valence-electron chi connectivity index (χ2n) is 5.89. The molecule has 0 spiro atoms. The molecule has 128 valence electrons. The molecule has 0 atom stereocenters. The quantitative estimate of drug-likeness (QED) is 0.626. The van der Waals surface area contributed by atoms with Crippen molar-refractivity contribution in [3.8, 4) is 0 Å². The molecule has 1 aromatic heterocycles. The van der Waals surface area contributed by atoms with Crippen molar-refractivity contribution in [1.29, 1.82) is 0 Å². The summed E-state index contributed by atoms with van der Waals surface area (Å²) in [5, 5.41) is 0. The Bertz CT molecular complexity index is 724. The first kappa shape index (κ1) is 16.9. The standard InChI is InChI=1S/C17H20N2O4S/c1-22-17(21)16(20)19(9-12-4-6-23-7-5-12)10-13-2-3-15-14(8-13)18-11-24-15/h2-3,8,11-12H,4-7,9-10H2,1H3. The normalized spacial score (nSPS) is 15.4. The minimum absolute atomic E-state index is 0.343. The van der Waals surface area contributed by atoms with Crippen LogP contribution in [0.4, 0.5) is 0 Å². The smallest absolute Gasteiger partial charge is 0.396 e. The Morgan fingerprint density at radius 1 is 1.38 bits per heavy atom. The number of methoxy groups -OCH3 is 1. The highest BCUT2D eigenvalue weighted by molar-refractivity contribution is 7.16. The zero-order chi connectivity index (χ0) is 16.9. The van der Waals surface area contributed by atoms with Gasteiger partial charge in [-0.05, 0) is 36.5 Å². The van der Waals surface area contributed by atoms with Crippen molar-refractivity contribution in [3.63, 3.8) is 0 Å². The van der Waals surface area contributed by atoms with Crippen LogP contribution in [0.3, 0.4) is 0 Å². The predicted molar refractivity (Wildman–Crippen MR) is 90.6 cm³/mol. The summed E-state index contributed by atoms with van der Waals surface area (Å²) in [7, 11) is 1.23. The van der Waals surface area contributed by atoms with Crippen LogP contribution in [0.25, 0.3) is 10.2 Å². The fraction of sp³-hybridized carbons (Fsp3) is 0.471. The molecule has 0 saturated carbocycles. The lowest BCUT2D eigenvalue weighted by atomic mass is 9.99. The van der Waals surface area contributed by atoms with Crippen LogP contribution >= 0.6 is 11.3 Å². The van der Waals surface area contributed by atoms with Gasteiger partial charge in [-0.2, -0.15) is 0 Å². The Kier molecular flexibility index (Phi) is 5.42. The number of esters is 1. The van der Waals surface area contributed by atoms with Gasteiger partial charge in [0.25, 0.3) is 0 Å². The Morgan fingerprint density at radius 3 is 2.92 bits per heavy atom. The van der Waals surface area contributed by atoms with Crippen molar-refractivity contribution in [2.45, 2.75) is 19.4 Å². The number of aromatic nitrogens is 1. The molecule has 0 bridgehead atoms. The van der Waals surface area contributed by atoms with E-state index < -0.39 is 11.9 Å². The fourth-order valence-electron chi connectivity index (χ4n) is 2.90. The topological polar surface area (TPSA) is 68.7 Å². The number of carbonyl (C=O) groups is 2. The van der Waals surface area contributed by atoms with Crippen LogP contribution in [0.5, 0.6) is 0 Å². The number of carbonyl (C=O) groups excluding carboxylic acids is 2. The molecule has 1 aliphatic rings. The third kappa shape index (κ3) is 3.91. The summed E-state index contributed by atoms with van der Waals surface area (Å²) in [6, 6.07) is 5.94. The summed E-state index contributed by atoms with van der Waals surface area (Å²) in [5.74, 6) is -1.07. The monoisotopic (exact) mass is 348 g/mol. The van der Waals surface area contributed by atoms with Gasteiger partial charge in [0.2, 0.25) is 0 Å². The molecule has 6 nitrogen and oxygen atoms in total. The number of ether oxygens (including phenoxy) is 2. The first-order chi connectivity index (χ1) is 11.7. The molecule has 1 amide bonds. The SMILES string of the molecule is COC(=O)C(=O)N(Cc1ccc2scnc2c1)CC1CCOCC1. The van der Waals surface area contributed by atoms with Crippen LogP contribution in [-0.4, -0.2) is 48.6 Å². The lowest BCUT2D eigenvalue weighted by Gasteiger charge is -2.29. The molecule has 24 heavy (non-hydrogen) atoms. The van der Waals surface area contributed by atoms with Gasteiger partial charge >= 0.3 is 11.9 Å². The van der Waals surface area contributed by atoms with Gasteiger partial charge in [0.15, 0.2) is 0 Å². The summed E-state index contributed by atoms with van der Waals surface area (Å²) >= 11 is 1.58. The van der Waals surface area contributed by atoms with Crippen molar-refractivity contribution in [2.75, 3.05) is 26.9 Å². The number of thiazole rings is 1. The average molecular weight is 348 g/mol. The van der Waals surface area contributed by atoms with Gasteiger partial charge in [0.1, 0.15) is 0 Å². The Labute approximate surface area is 144 Å². The van der Waals surface area contributed by atoms with Crippen molar-refractivity contribution >= 4 is 33.4 Å². The summed E-state index contributed by atoms with van der Waals surface area (Å²) in [4.78, 5) is 30.0. The minimum atomic E-state index is -0.822. The van der Waals surface area contributed by atoms with Gasteiger partial charge in [0.05, 0.1) is 22.8 Å². The molecule has 0 unspecified atom stereocenters. The van der Waals surface area contributed by atoms with Crippen molar-refractivity contribution in [1.82, 2.24) is 9.88 Å². The van der Waals surface area contributed by atoms with Crippen LogP contribution in [0, 0.1) is 5.92 Å². The third-order valence-corrected chi connectivity index (χ3v) is 5.04. The average Bonchev–Trinajstić information content (AvgIpc) is 3.08. The van der Waals surface area contributed by atoms with E-state index in [1.165, 1.54) is 7.11 Å². The highest BCUT2D eigenvalue weighted by Gasteiger charge is 2.26. The van der Waals surface area contributed by atoms with E-state index in [1.54, 1.807) is 21.7 Å². The second kappa shape index (κ2) is 7.72. The molecule has 2 aromatic rings. The van der Waals surface area contributed by atoms with Crippen molar-refractivity contribution in [2.24, 2.45) is 5.92 Å². The molecule has 1 saturated heterocycles. The highest BCUT2D eigenvalue weighted by Crippen LogP contribution is 2.21. The van der Waals surface area contributed by atoms with E-state index in [9.17, 15) is 9.59 Å². The lowest BCUT2D eigenvalue weighted by molar-refractivity contribution is -0.159. The van der Waals surface area contributed by atoms with E-state index in [1.807, 2.05) is 18.2 Å². The summed E-state index contributed by atoms with van der Waals surface area (Å²) in [6.45, 7) is 2.32. The summed E-state index contributed by atoms with van der Waals surface area (Å²) < 4.78 is 11.1. The van der Waals surface area contributed by atoms with Crippen LogP contribution in [0.1, 0.15) is 18.4 Å². The van der Waals surface area contributed by atoms with Crippen molar-refractivity contribution in [3.05, 3.63) is 29.3 Å². The van der Waals surface area contributed by atoms with Gasteiger partial charge in [-0.25, -0.2) is 9.78 Å². The van der Waals surface area contributed by atoms with Gasteiger partial charge in [-0.1, -0.05) is 6.07 Å². The molecule has 0 aliphatic carbocycles. The summed E-state index contributed by atoms with van der Waals surface area (Å²) in [5.41, 5.74) is 3.67. The Hall–Kier alpha value is -1.99. The Morgan fingerprint density at radius 2 is 2.17 bits per heavy atom. The number of rotatable bonds is 4. The second-order valence-corrected chi connectivity index (χ2v) is 6.77. The van der Waals surface area contributed by atoms with Crippen LogP contribution in [0.2, 0.25) is 0 Å². The summed E-state index contributed by atoms with van der Waals surface area (Å²) in [6.07, 6.45) is 1.80. The molecule has 1 fully saturated rings. The zero-order valence-corrected chi connectivity index (χ0v) is 14.4. The molecule has 7 heteroatoms. The number of fused-ring (bicyclic) bond motifs is 1. The maximum Gasteiger partial charge on any atom is 0.396 e. The van der Waals surface area contributed by atoms with E-state index in [0.29, 0.717) is 32.2 Å². The van der Waals surface area contributed by atoms with Gasteiger partial charge < -0.3 is 14.4 Å². The molecule has 0 radical (unpaired) electrons. The van der Waals surface area contributed by atoms with E-state index in [0.717, 1.165) is 28.6 Å². The largest absolute Gasteiger partial charge is 0.462 e. The first-order valence-corrected chi connectivity index (χ1v) is 8.82. The number of benzene rings is 1. The van der Waals surface area contributed by atoms with E-state index in [-0.39, 0.29) is 0 Å².